The van der Waals surface area contributed by atoms with Gasteiger partial charge in [0.05, 0.1) is 23.4 Å². The summed E-state index contributed by atoms with van der Waals surface area (Å²) in [6.45, 7) is 6.15. The van der Waals surface area contributed by atoms with Crippen LogP contribution in [0.3, 0.4) is 0 Å². The predicted octanol–water partition coefficient (Wildman–Crippen LogP) is 2.21. The van der Waals surface area contributed by atoms with Crippen molar-refractivity contribution in [2.45, 2.75) is 26.8 Å². The van der Waals surface area contributed by atoms with Gasteiger partial charge in [-0.15, -0.1) is 0 Å². The van der Waals surface area contributed by atoms with Gasteiger partial charge in [-0.05, 0) is 45.0 Å². The number of hydrogen-bond acceptors (Lipinski definition) is 3. The van der Waals surface area contributed by atoms with Crippen LogP contribution >= 0.6 is 11.6 Å². The molecule has 0 aliphatic heterocycles. The molecular weight excluding hydrogens is 264 g/mol. The summed E-state index contributed by atoms with van der Waals surface area (Å²) < 4.78 is 0. The van der Waals surface area contributed by atoms with Crippen LogP contribution in [-0.2, 0) is 4.79 Å². The van der Waals surface area contributed by atoms with Crippen LogP contribution in [0.5, 0.6) is 0 Å². The summed E-state index contributed by atoms with van der Waals surface area (Å²) in [5.41, 5.74) is 2.66. The Kier molecular flexibility index (Phi) is 5.79. The van der Waals surface area contributed by atoms with Crippen LogP contribution < -0.4 is 5.32 Å². The first kappa shape index (κ1) is 16.0. The highest BCUT2D eigenvalue weighted by atomic mass is 35.5. The molecule has 1 aromatic carbocycles. The van der Waals surface area contributed by atoms with Crippen molar-refractivity contribution in [3.05, 3.63) is 28.3 Å². The first-order chi connectivity index (χ1) is 8.86. The van der Waals surface area contributed by atoms with Crippen LogP contribution in [0.2, 0.25) is 5.02 Å². The van der Waals surface area contributed by atoms with Gasteiger partial charge in [0.15, 0.2) is 0 Å². The number of amides is 1. The predicted molar refractivity (Wildman–Crippen MR) is 78.7 cm³/mol. The maximum absolute atomic E-state index is 12.1. The molecule has 1 amide bonds. The number of rotatable bonds is 5. The smallest absolute Gasteiger partial charge is 0.241 e. The summed E-state index contributed by atoms with van der Waals surface area (Å²) >= 11 is 6.16. The fraction of sp³-hybridized carbons (Fsp3) is 0.500. The number of benzene rings is 1. The quantitative estimate of drug-likeness (QED) is 0.872. The largest absolute Gasteiger partial charge is 0.395 e. The Morgan fingerprint density at radius 3 is 2.63 bits per heavy atom. The van der Waals surface area contributed by atoms with Crippen LogP contribution in [0, 0.1) is 13.8 Å². The van der Waals surface area contributed by atoms with Gasteiger partial charge in [-0.2, -0.15) is 0 Å². The van der Waals surface area contributed by atoms with E-state index < -0.39 is 0 Å². The first-order valence-electron chi connectivity index (χ1n) is 6.25. The molecule has 0 radical (unpaired) electrons. The van der Waals surface area contributed by atoms with Gasteiger partial charge in [0.25, 0.3) is 0 Å². The van der Waals surface area contributed by atoms with E-state index in [2.05, 4.69) is 5.32 Å². The summed E-state index contributed by atoms with van der Waals surface area (Å²) in [6, 6.07) is 3.47. The van der Waals surface area contributed by atoms with Crippen molar-refractivity contribution < 1.29 is 9.90 Å². The molecule has 1 rings (SSSR count). The van der Waals surface area contributed by atoms with E-state index in [9.17, 15) is 4.79 Å². The molecule has 106 valence electrons. The second-order valence-electron chi connectivity index (χ2n) is 4.81. The second-order valence-corrected chi connectivity index (χ2v) is 5.22. The van der Waals surface area contributed by atoms with E-state index in [0.717, 1.165) is 11.1 Å². The van der Waals surface area contributed by atoms with Crippen LogP contribution in [0.15, 0.2) is 12.1 Å². The zero-order valence-corrected chi connectivity index (χ0v) is 12.6. The number of nitrogens with zero attached hydrogens (tertiary/aromatic N) is 1. The lowest BCUT2D eigenvalue weighted by atomic mass is 10.1. The fourth-order valence-corrected chi connectivity index (χ4v) is 2.22. The number of likely N-dealkylation sites (N-methyl/N-ethyl adjacent to an activating group) is 1. The minimum atomic E-state index is -0.330. The van der Waals surface area contributed by atoms with Gasteiger partial charge >= 0.3 is 0 Å². The maximum atomic E-state index is 12.1. The lowest BCUT2D eigenvalue weighted by molar-refractivity contribution is -0.120. The van der Waals surface area contributed by atoms with Crippen molar-refractivity contribution in [3.8, 4) is 0 Å². The summed E-state index contributed by atoms with van der Waals surface area (Å²) in [5.74, 6) is -0.134. The Labute approximate surface area is 119 Å². The van der Waals surface area contributed by atoms with E-state index in [1.54, 1.807) is 18.9 Å². The number of carbonyl (C=O) groups is 1. The molecule has 1 atom stereocenters. The van der Waals surface area contributed by atoms with E-state index in [4.69, 9.17) is 16.7 Å². The van der Waals surface area contributed by atoms with Crippen LogP contribution in [0.4, 0.5) is 5.69 Å². The third kappa shape index (κ3) is 4.20. The Balaban J connectivity index is 2.83. The molecule has 0 bridgehead atoms. The summed E-state index contributed by atoms with van der Waals surface area (Å²) in [5, 5.41) is 12.3. The van der Waals surface area contributed by atoms with Crippen molar-refractivity contribution >= 4 is 23.2 Å². The number of nitrogens with one attached hydrogen (secondary N) is 1. The van der Waals surface area contributed by atoms with E-state index in [1.165, 1.54) is 0 Å². The zero-order chi connectivity index (χ0) is 14.6. The number of hydrogen-bond donors (Lipinski definition) is 2. The standard InChI is InChI=1S/C14H21ClN2O2/c1-9-7-10(2)13(12(15)8-9)16-14(19)11(3)17(4)5-6-18/h7-8,11,18H,5-6H2,1-4H3,(H,16,19). The number of aliphatic hydroxyl groups excluding tert-OH is 1. The average Bonchev–Trinajstić information content (AvgIpc) is 2.32. The van der Waals surface area contributed by atoms with Gasteiger partial charge in [-0.25, -0.2) is 0 Å². The Bertz CT molecular complexity index is 440. The minimum absolute atomic E-state index is 0.0262. The van der Waals surface area contributed by atoms with E-state index in [0.29, 0.717) is 17.3 Å². The zero-order valence-electron chi connectivity index (χ0n) is 11.8. The molecule has 19 heavy (non-hydrogen) atoms. The van der Waals surface area contributed by atoms with Gasteiger partial charge in [0.1, 0.15) is 0 Å². The van der Waals surface area contributed by atoms with E-state index in [-0.39, 0.29) is 18.6 Å². The molecule has 0 saturated heterocycles. The first-order valence-corrected chi connectivity index (χ1v) is 6.63. The minimum Gasteiger partial charge on any atom is -0.395 e. The number of carbonyl (C=O) groups excluding carboxylic acids is 1. The highest BCUT2D eigenvalue weighted by molar-refractivity contribution is 6.34. The molecule has 5 heteroatoms. The molecule has 0 aliphatic carbocycles. The monoisotopic (exact) mass is 284 g/mol. The highest BCUT2D eigenvalue weighted by Gasteiger charge is 2.19. The Morgan fingerprint density at radius 2 is 2.11 bits per heavy atom. The van der Waals surface area contributed by atoms with Crippen LogP contribution in [0.25, 0.3) is 0 Å². The van der Waals surface area contributed by atoms with Gasteiger partial charge in [0.2, 0.25) is 5.91 Å². The Hall–Kier alpha value is -1.10. The van der Waals surface area contributed by atoms with Crippen molar-refractivity contribution in [3.63, 3.8) is 0 Å². The molecule has 2 N–H and O–H groups in total. The molecule has 4 nitrogen and oxygen atoms in total. The molecule has 0 saturated carbocycles. The molecule has 0 spiro atoms. The lowest BCUT2D eigenvalue weighted by Gasteiger charge is -2.23. The van der Waals surface area contributed by atoms with Crippen molar-refractivity contribution in [1.82, 2.24) is 4.90 Å². The summed E-state index contributed by atoms with van der Waals surface area (Å²) in [7, 11) is 1.80. The number of aryl methyl sites for hydroxylation is 2. The van der Waals surface area contributed by atoms with Crippen molar-refractivity contribution in [2.24, 2.45) is 0 Å². The third-order valence-electron chi connectivity index (χ3n) is 3.17. The van der Waals surface area contributed by atoms with Crippen molar-refractivity contribution in [1.29, 1.82) is 0 Å². The van der Waals surface area contributed by atoms with Crippen LogP contribution in [0.1, 0.15) is 18.1 Å². The van der Waals surface area contributed by atoms with Crippen LogP contribution in [-0.4, -0.2) is 42.2 Å². The van der Waals surface area contributed by atoms with Gasteiger partial charge in [-0.3, -0.25) is 9.69 Å². The molecule has 0 aliphatic rings. The molecule has 1 unspecified atom stereocenters. The normalized spacial score (nSPS) is 12.6. The SMILES string of the molecule is Cc1cc(C)c(NC(=O)C(C)N(C)CCO)c(Cl)c1. The number of halogens is 1. The topological polar surface area (TPSA) is 52.6 Å². The molecule has 1 aromatic rings. The number of aliphatic hydroxyl groups is 1. The summed E-state index contributed by atoms with van der Waals surface area (Å²) in [4.78, 5) is 13.9. The second kappa shape index (κ2) is 6.89. The van der Waals surface area contributed by atoms with Crippen molar-refractivity contribution in [2.75, 3.05) is 25.5 Å². The molecule has 0 fully saturated rings. The average molecular weight is 285 g/mol. The number of anilines is 1. The molecule has 0 heterocycles. The summed E-state index contributed by atoms with van der Waals surface area (Å²) in [6.07, 6.45) is 0. The van der Waals surface area contributed by atoms with E-state index in [1.807, 2.05) is 26.0 Å². The maximum Gasteiger partial charge on any atom is 0.241 e. The lowest BCUT2D eigenvalue weighted by Crippen LogP contribution is -2.41. The molecular formula is C14H21ClN2O2. The Morgan fingerprint density at radius 1 is 1.47 bits per heavy atom. The molecule has 0 aromatic heterocycles. The third-order valence-corrected chi connectivity index (χ3v) is 3.47. The van der Waals surface area contributed by atoms with Gasteiger partial charge in [0, 0.05) is 6.54 Å². The van der Waals surface area contributed by atoms with Gasteiger partial charge in [-0.1, -0.05) is 17.7 Å². The van der Waals surface area contributed by atoms with E-state index >= 15 is 0 Å². The fourth-order valence-electron chi connectivity index (χ4n) is 1.85. The van der Waals surface area contributed by atoms with Gasteiger partial charge < -0.3 is 10.4 Å². The highest BCUT2D eigenvalue weighted by Crippen LogP contribution is 2.27.